The highest BCUT2D eigenvalue weighted by Gasteiger charge is 2.44. The summed E-state index contributed by atoms with van der Waals surface area (Å²) in [6.45, 7) is 7.38. The molecule has 1 rings (SSSR count). The number of carbonyl (C=O) groups is 1. The van der Waals surface area contributed by atoms with Crippen LogP contribution in [0, 0.1) is 5.92 Å². The van der Waals surface area contributed by atoms with Gasteiger partial charge in [0.2, 0.25) is 0 Å². The first kappa shape index (κ1) is 11.2. The predicted octanol–water partition coefficient (Wildman–Crippen LogP) is 1.66. The van der Waals surface area contributed by atoms with Crippen molar-refractivity contribution in [1.82, 2.24) is 0 Å². The zero-order valence-corrected chi connectivity index (χ0v) is 8.88. The Kier molecular flexibility index (Phi) is 3.32. The Labute approximate surface area is 84.8 Å². The molecular weight excluding hydrogens is 180 g/mol. The lowest BCUT2D eigenvalue weighted by Crippen LogP contribution is -2.48. The van der Waals surface area contributed by atoms with Crippen molar-refractivity contribution in [2.75, 3.05) is 6.61 Å². The number of aliphatic hydroxyl groups is 1. The number of hydrogen-bond donors (Lipinski definition) is 1. The van der Waals surface area contributed by atoms with Crippen molar-refractivity contribution >= 4 is 5.97 Å². The summed E-state index contributed by atoms with van der Waals surface area (Å²) < 4.78 is 5.01. The summed E-state index contributed by atoms with van der Waals surface area (Å²) >= 11 is 0. The van der Waals surface area contributed by atoms with Crippen molar-refractivity contribution < 1.29 is 14.6 Å². The Bertz CT molecular complexity index is 243. The quantitative estimate of drug-likeness (QED) is 0.552. The second-order valence-corrected chi connectivity index (χ2v) is 4.07. The largest absolute Gasteiger partial charge is 0.462 e. The molecule has 0 amide bonds. The third kappa shape index (κ3) is 2.15. The van der Waals surface area contributed by atoms with E-state index in [1.165, 1.54) is 0 Å². The molecule has 3 heteroatoms. The van der Waals surface area contributed by atoms with Gasteiger partial charge in [0.15, 0.2) is 0 Å². The van der Waals surface area contributed by atoms with E-state index in [-0.39, 0.29) is 11.9 Å². The normalized spacial score (nSPS) is 30.6. The molecule has 0 aromatic heterocycles. The van der Waals surface area contributed by atoms with Crippen LogP contribution in [0.25, 0.3) is 0 Å². The van der Waals surface area contributed by atoms with Crippen molar-refractivity contribution in [2.45, 2.75) is 38.7 Å². The highest BCUT2D eigenvalue weighted by atomic mass is 16.5. The zero-order valence-electron chi connectivity index (χ0n) is 8.88. The van der Waals surface area contributed by atoms with Crippen LogP contribution in [0.3, 0.4) is 0 Å². The Balaban J connectivity index is 2.33. The Morgan fingerprint density at radius 3 is 2.71 bits per heavy atom. The molecule has 0 heterocycles. The molecule has 0 bridgehead atoms. The molecule has 1 aliphatic carbocycles. The Morgan fingerprint density at radius 2 is 2.36 bits per heavy atom. The van der Waals surface area contributed by atoms with Gasteiger partial charge in [0.25, 0.3) is 0 Å². The average Bonchev–Trinajstić information content (AvgIpc) is 2.14. The second-order valence-electron chi connectivity index (χ2n) is 4.07. The zero-order chi connectivity index (χ0) is 10.8. The van der Waals surface area contributed by atoms with Crippen molar-refractivity contribution in [3.05, 3.63) is 12.2 Å². The number of carbonyl (C=O) groups excluding carboxylic acids is 1. The summed E-state index contributed by atoms with van der Waals surface area (Å²) in [6, 6.07) is 0. The third-order valence-corrected chi connectivity index (χ3v) is 3.06. The molecule has 0 radical (unpaired) electrons. The number of ether oxygens (including phenoxy) is 1. The van der Waals surface area contributed by atoms with Gasteiger partial charge in [-0.25, -0.2) is 4.79 Å². The van der Waals surface area contributed by atoms with Gasteiger partial charge >= 0.3 is 5.97 Å². The molecule has 1 fully saturated rings. The first-order valence-electron chi connectivity index (χ1n) is 5.04. The van der Waals surface area contributed by atoms with Crippen LogP contribution in [0.2, 0.25) is 0 Å². The van der Waals surface area contributed by atoms with Gasteiger partial charge in [0, 0.05) is 11.5 Å². The van der Waals surface area contributed by atoms with Gasteiger partial charge < -0.3 is 9.84 Å². The van der Waals surface area contributed by atoms with Gasteiger partial charge in [0.1, 0.15) is 0 Å². The van der Waals surface area contributed by atoms with Crippen molar-refractivity contribution in [3.63, 3.8) is 0 Å². The maximum atomic E-state index is 11.1. The van der Waals surface area contributed by atoms with E-state index in [0.29, 0.717) is 12.2 Å². The van der Waals surface area contributed by atoms with Crippen LogP contribution < -0.4 is 0 Å². The van der Waals surface area contributed by atoms with Gasteiger partial charge in [-0.15, -0.1) is 0 Å². The predicted molar refractivity (Wildman–Crippen MR) is 53.7 cm³/mol. The molecule has 0 aromatic rings. The number of hydrogen-bond acceptors (Lipinski definition) is 3. The summed E-state index contributed by atoms with van der Waals surface area (Å²) in [5, 5.41) is 9.92. The van der Waals surface area contributed by atoms with E-state index in [1.54, 1.807) is 6.92 Å². The van der Waals surface area contributed by atoms with Crippen LogP contribution in [0.4, 0.5) is 0 Å². The van der Waals surface area contributed by atoms with Crippen LogP contribution in [-0.2, 0) is 9.53 Å². The van der Waals surface area contributed by atoms with Crippen LogP contribution >= 0.6 is 0 Å². The lowest BCUT2D eigenvalue weighted by atomic mass is 9.68. The van der Waals surface area contributed by atoms with Gasteiger partial charge in [0.05, 0.1) is 12.2 Å². The molecule has 2 unspecified atom stereocenters. The molecule has 0 aromatic carbocycles. The first-order chi connectivity index (χ1) is 6.49. The smallest absolute Gasteiger partial charge is 0.333 e. The molecule has 0 spiro atoms. The minimum Gasteiger partial charge on any atom is -0.462 e. The molecule has 14 heavy (non-hydrogen) atoms. The highest BCUT2D eigenvalue weighted by molar-refractivity contribution is 5.86. The van der Waals surface area contributed by atoms with Gasteiger partial charge in [-0.3, -0.25) is 0 Å². The molecule has 2 atom stereocenters. The Hall–Kier alpha value is -0.830. The van der Waals surface area contributed by atoms with E-state index in [9.17, 15) is 9.90 Å². The molecule has 3 nitrogen and oxygen atoms in total. The molecule has 1 aliphatic rings. The van der Waals surface area contributed by atoms with Gasteiger partial charge in [-0.1, -0.05) is 13.5 Å². The molecule has 0 saturated heterocycles. The maximum Gasteiger partial charge on any atom is 0.333 e. The summed E-state index contributed by atoms with van der Waals surface area (Å²) in [5.41, 5.74) is -0.195. The summed E-state index contributed by atoms with van der Waals surface area (Å²) in [6.07, 6.45) is 2.48. The maximum absolute atomic E-state index is 11.1. The molecule has 1 N–H and O–H groups in total. The standard InChI is InChI=1S/C11H18O3/c1-4-11(13)6-5-9(11)7-14-10(12)8(2)3/h9,13H,2,4-7H2,1,3H3. The van der Waals surface area contributed by atoms with Crippen LogP contribution in [0.15, 0.2) is 12.2 Å². The number of rotatable bonds is 4. The average molecular weight is 198 g/mol. The van der Waals surface area contributed by atoms with E-state index < -0.39 is 5.60 Å². The molecule has 80 valence electrons. The summed E-state index contributed by atoms with van der Waals surface area (Å²) in [4.78, 5) is 11.1. The number of esters is 1. The van der Waals surface area contributed by atoms with E-state index in [0.717, 1.165) is 19.3 Å². The van der Waals surface area contributed by atoms with E-state index in [1.807, 2.05) is 6.92 Å². The summed E-state index contributed by atoms with van der Waals surface area (Å²) in [5.74, 6) is -0.258. The fourth-order valence-corrected chi connectivity index (χ4v) is 1.69. The van der Waals surface area contributed by atoms with Crippen LogP contribution in [-0.4, -0.2) is 23.3 Å². The summed E-state index contributed by atoms with van der Waals surface area (Å²) in [7, 11) is 0. The highest BCUT2D eigenvalue weighted by Crippen LogP contribution is 2.41. The lowest BCUT2D eigenvalue weighted by Gasteiger charge is -2.44. The molecule has 1 saturated carbocycles. The van der Waals surface area contributed by atoms with Crippen molar-refractivity contribution in [2.24, 2.45) is 5.92 Å². The Morgan fingerprint density at radius 1 is 1.71 bits per heavy atom. The van der Waals surface area contributed by atoms with Crippen molar-refractivity contribution in [1.29, 1.82) is 0 Å². The lowest BCUT2D eigenvalue weighted by molar-refractivity contribution is -0.153. The first-order valence-corrected chi connectivity index (χ1v) is 5.04. The van der Waals surface area contributed by atoms with E-state index in [2.05, 4.69) is 6.58 Å². The topological polar surface area (TPSA) is 46.5 Å². The van der Waals surface area contributed by atoms with E-state index >= 15 is 0 Å². The third-order valence-electron chi connectivity index (χ3n) is 3.06. The SMILES string of the molecule is C=C(C)C(=O)OCC1CCC1(O)CC. The van der Waals surface area contributed by atoms with Crippen molar-refractivity contribution in [3.8, 4) is 0 Å². The fraction of sp³-hybridized carbons (Fsp3) is 0.727. The van der Waals surface area contributed by atoms with Gasteiger partial charge in [-0.2, -0.15) is 0 Å². The minimum atomic E-state index is -0.602. The molecule has 0 aliphatic heterocycles. The fourth-order valence-electron chi connectivity index (χ4n) is 1.69. The van der Waals surface area contributed by atoms with Crippen LogP contribution in [0.5, 0.6) is 0 Å². The second kappa shape index (κ2) is 4.13. The van der Waals surface area contributed by atoms with Gasteiger partial charge in [-0.05, 0) is 26.2 Å². The van der Waals surface area contributed by atoms with E-state index in [4.69, 9.17) is 4.74 Å². The monoisotopic (exact) mass is 198 g/mol. The van der Waals surface area contributed by atoms with Crippen LogP contribution in [0.1, 0.15) is 33.1 Å². The minimum absolute atomic E-state index is 0.107. The molecular formula is C11H18O3.